The summed E-state index contributed by atoms with van der Waals surface area (Å²) in [5, 5.41) is 17.8. The predicted octanol–water partition coefficient (Wildman–Crippen LogP) is 6.94. The summed E-state index contributed by atoms with van der Waals surface area (Å²) in [5.74, 6) is -0.218. The number of fused-ring (bicyclic) bond motifs is 1. The van der Waals surface area contributed by atoms with Gasteiger partial charge in [0.2, 0.25) is 11.8 Å². The molecular weight excluding hydrogens is 620 g/mol. The van der Waals surface area contributed by atoms with Crippen LogP contribution in [0.5, 0.6) is 0 Å². The van der Waals surface area contributed by atoms with Crippen LogP contribution in [-0.2, 0) is 35.5 Å². The molecule has 48 heavy (non-hydrogen) atoms. The zero-order chi connectivity index (χ0) is 32.5. The summed E-state index contributed by atoms with van der Waals surface area (Å²) in [6.45, 7) is 1.24. The molecule has 5 aromatic rings. The quantitative estimate of drug-likeness (QED) is 0.0912. The summed E-state index contributed by atoms with van der Waals surface area (Å²) in [5.41, 5.74) is 6.24. The first-order valence-corrected chi connectivity index (χ1v) is 15.9. The van der Waals surface area contributed by atoms with Crippen molar-refractivity contribution in [2.75, 3.05) is 6.54 Å². The Morgan fingerprint density at radius 1 is 0.646 bits per heavy atom. The normalized spacial score (nSPS) is 12.8. The topological polar surface area (TPSA) is 103 Å². The van der Waals surface area contributed by atoms with Gasteiger partial charge >= 0.3 is 6.09 Å². The zero-order valence-electron chi connectivity index (χ0n) is 26.5. The Balaban J connectivity index is 0.00000451. The van der Waals surface area contributed by atoms with Gasteiger partial charge < -0.3 is 20.7 Å². The van der Waals surface area contributed by atoms with Gasteiger partial charge in [0, 0.05) is 44.0 Å². The minimum Gasteiger partial charge on any atom is -0.391 e. The first-order valence-electron chi connectivity index (χ1n) is 15.9. The minimum absolute atomic E-state index is 0. The highest BCUT2D eigenvalue weighted by Gasteiger charge is 2.43. The Kier molecular flexibility index (Phi) is 11.4. The van der Waals surface area contributed by atoms with Crippen molar-refractivity contribution < 1.29 is 14.3 Å². The van der Waals surface area contributed by atoms with Crippen molar-refractivity contribution in [2.45, 2.75) is 37.4 Å². The minimum atomic E-state index is -0.797. The Morgan fingerprint density at radius 2 is 1.12 bits per heavy atom. The van der Waals surface area contributed by atoms with Crippen LogP contribution in [0.15, 0.2) is 140 Å². The number of carbonyl (C=O) groups excluding carboxylic acids is 2. The lowest BCUT2D eigenvalue weighted by molar-refractivity contribution is -0.127. The summed E-state index contributed by atoms with van der Waals surface area (Å²) in [4.78, 5) is 26.3. The lowest BCUT2D eigenvalue weighted by atomic mass is 9.88. The van der Waals surface area contributed by atoms with Crippen molar-refractivity contribution >= 4 is 30.3 Å². The predicted molar refractivity (Wildman–Crippen MR) is 191 cm³/mol. The van der Waals surface area contributed by atoms with Gasteiger partial charge in [-0.1, -0.05) is 127 Å². The van der Waals surface area contributed by atoms with Crippen molar-refractivity contribution in [3.8, 4) is 0 Å². The van der Waals surface area contributed by atoms with Crippen LogP contribution >= 0.6 is 12.4 Å². The number of benzene rings is 5. The van der Waals surface area contributed by atoms with E-state index < -0.39 is 11.6 Å². The highest BCUT2D eigenvalue weighted by atomic mass is 35.5. The molecular formula is C40H39ClN4O3. The summed E-state index contributed by atoms with van der Waals surface area (Å²) < 4.78 is 5.17. The molecule has 5 aromatic carbocycles. The van der Waals surface area contributed by atoms with E-state index in [9.17, 15) is 9.59 Å². The number of alkyl carbamates (subject to hydrolysis) is 1. The van der Waals surface area contributed by atoms with Crippen molar-refractivity contribution in [3.63, 3.8) is 0 Å². The van der Waals surface area contributed by atoms with E-state index in [2.05, 4.69) is 76.6 Å². The van der Waals surface area contributed by atoms with Crippen LogP contribution in [0.2, 0.25) is 0 Å². The molecule has 0 saturated carbocycles. The van der Waals surface area contributed by atoms with Crippen molar-refractivity contribution in [1.29, 1.82) is 5.41 Å². The largest absolute Gasteiger partial charge is 0.414 e. The molecule has 0 spiro atoms. The molecule has 0 saturated heterocycles. The molecule has 1 aliphatic rings. The maximum Gasteiger partial charge on any atom is 0.414 e. The van der Waals surface area contributed by atoms with Gasteiger partial charge in [-0.3, -0.25) is 10.2 Å². The molecule has 0 fully saturated rings. The Morgan fingerprint density at radius 3 is 1.69 bits per heavy atom. The van der Waals surface area contributed by atoms with E-state index in [0.717, 1.165) is 11.1 Å². The number of amides is 2. The molecule has 4 N–H and O–H groups in total. The monoisotopic (exact) mass is 658 g/mol. The average molecular weight is 659 g/mol. The zero-order valence-corrected chi connectivity index (χ0v) is 27.3. The van der Waals surface area contributed by atoms with Crippen LogP contribution < -0.4 is 16.0 Å². The number of hydrogen-bond donors (Lipinski definition) is 4. The van der Waals surface area contributed by atoms with Crippen molar-refractivity contribution in [3.05, 3.63) is 178 Å². The second-order valence-electron chi connectivity index (χ2n) is 11.9. The standard InChI is InChI=1S/C40H38N4O3.ClH/c41-37(47-39(46)43-27-29-12-4-1-5-13-29)33-22-20-30(21-23-33)26-42-38(45)40(24-34-18-10-11-19-35(34)25-40)44-28-36(31-14-6-2-7-15-31)32-16-8-3-9-17-32;/h1-23,36,41,44H,24-28H2,(H,42,45)(H,43,46);1H. The van der Waals surface area contributed by atoms with Gasteiger partial charge in [-0.05, 0) is 45.5 Å². The first kappa shape index (κ1) is 34.1. The first-order chi connectivity index (χ1) is 23.0. The molecule has 2 amide bonds. The fourth-order valence-electron chi connectivity index (χ4n) is 6.16. The maximum absolute atomic E-state index is 14.1. The van der Waals surface area contributed by atoms with E-state index in [1.165, 1.54) is 22.3 Å². The number of carbonyl (C=O) groups is 2. The molecule has 0 atom stereocenters. The van der Waals surface area contributed by atoms with Crippen molar-refractivity contribution in [2.24, 2.45) is 0 Å². The number of hydrogen-bond acceptors (Lipinski definition) is 5. The van der Waals surface area contributed by atoms with Crippen LogP contribution in [0.4, 0.5) is 4.79 Å². The molecule has 7 nitrogen and oxygen atoms in total. The van der Waals surface area contributed by atoms with E-state index >= 15 is 0 Å². The fraction of sp³-hybridized carbons (Fsp3) is 0.175. The third kappa shape index (κ3) is 8.37. The molecule has 0 bridgehead atoms. The SMILES string of the molecule is Cl.N=C(OC(=O)NCc1ccccc1)c1ccc(CNC(=O)C2(NCC(c3ccccc3)c3ccccc3)Cc3ccccc3C2)cc1. The fourth-order valence-corrected chi connectivity index (χ4v) is 6.16. The van der Waals surface area contributed by atoms with Gasteiger partial charge in [0.05, 0.1) is 0 Å². The van der Waals surface area contributed by atoms with Crippen molar-refractivity contribution in [1.82, 2.24) is 16.0 Å². The second-order valence-corrected chi connectivity index (χ2v) is 11.9. The Labute approximate surface area is 287 Å². The summed E-state index contributed by atoms with van der Waals surface area (Å²) in [7, 11) is 0. The van der Waals surface area contributed by atoms with Crippen LogP contribution in [-0.4, -0.2) is 30.0 Å². The molecule has 244 valence electrons. The average Bonchev–Trinajstić information content (AvgIpc) is 3.51. The smallest absolute Gasteiger partial charge is 0.391 e. The van der Waals surface area contributed by atoms with E-state index in [1.807, 2.05) is 66.7 Å². The molecule has 6 rings (SSSR count). The summed E-state index contributed by atoms with van der Waals surface area (Å²) in [6, 6.07) is 45.7. The lowest BCUT2D eigenvalue weighted by Gasteiger charge is -2.32. The van der Waals surface area contributed by atoms with Crippen LogP contribution in [0.25, 0.3) is 0 Å². The van der Waals surface area contributed by atoms with Gasteiger partial charge in [-0.2, -0.15) is 0 Å². The molecule has 0 unspecified atom stereocenters. The number of nitrogens with one attached hydrogen (secondary N) is 4. The second kappa shape index (κ2) is 16.0. The molecule has 0 aromatic heterocycles. The van der Waals surface area contributed by atoms with Gasteiger partial charge in [-0.25, -0.2) is 4.79 Å². The maximum atomic E-state index is 14.1. The van der Waals surface area contributed by atoms with Gasteiger partial charge in [0.1, 0.15) is 5.54 Å². The highest BCUT2D eigenvalue weighted by Crippen LogP contribution is 2.32. The van der Waals surface area contributed by atoms with E-state index in [4.69, 9.17) is 10.1 Å². The molecule has 8 heteroatoms. The van der Waals surface area contributed by atoms with Gasteiger partial charge in [-0.15, -0.1) is 12.4 Å². The molecule has 0 aliphatic heterocycles. The molecule has 1 aliphatic carbocycles. The Bertz CT molecular complexity index is 1750. The summed E-state index contributed by atoms with van der Waals surface area (Å²) in [6.07, 6.45) is 0.517. The summed E-state index contributed by atoms with van der Waals surface area (Å²) >= 11 is 0. The van der Waals surface area contributed by atoms with E-state index in [-0.39, 0.29) is 30.1 Å². The van der Waals surface area contributed by atoms with Crippen LogP contribution in [0.1, 0.15) is 44.9 Å². The molecule has 0 radical (unpaired) electrons. The van der Waals surface area contributed by atoms with Gasteiger partial charge in [0.15, 0.2) is 0 Å². The Hall–Kier alpha value is -5.24. The third-order valence-corrected chi connectivity index (χ3v) is 8.73. The van der Waals surface area contributed by atoms with E-state index in [1.54, 1.807) is 12.1 Å². The lowest BCUT2D eigenvalue weighted by Crippen LogP contribution is -2.58. The number of halogens is 1. The molecule has 0 heterocycles. The van der Waals surface area contributed by atoms with Gasteiger partial charge in [0.25, 0.3) is 0 Å². The number of ether oxygens (including phenoxy) is 1. The third-order valence-electron chi connectivity index (χ3n) is 8.73. The highest BCUT2D eigenvalue weighted by molar-refractivity contribution is 5.98. The number of rotatable bonds is 11. The van der Waals surface area contributed by atoms with Crippen LogP contribution in [0, 0.1) is 5.41 Å². The van der Waals surface area contributed by atoms with E-state index in [0.29, 0.717) is 38.0 Å². The van der Waals surface area contributed by atoms with Crippen LogP contribution in [0.3, 0.4) is 0 Å².